The second kappa shape index (κ2) is 4.98. The van der Waals surface area contributed by atoms with Crippen LogP contribution in [-0.2, 0) is 4.79 Å². The Hall–Kier alpha value is -1.55. The first-order valence-corrected chi connectivity index (χ1v) is 6.24. The van der Waals surface area contributed by atoms with Gasteiger partial charge in [-0.1, -0.05) is 6.07 Å². The van der Waals surface area contributed by atoms with Crippen LogP contribution in [0, 0.1) is 0 Å². The minimum absolute atomic E-state index is 0.0606. The number of carbonyl (C=O) groups is 1. The van der Waals surface area contributed by atoms with Gasteiger partial charge in [0.15, 0.2) is 0 Å². The topological polar surface area (TPSA) is 55.6 Å². The van der Waals surface area contributed by atoms with Gasteiger partial charge in [-0.05, 0) is 31.4 Å². The lowest BCUT2D eigenvalue weighted by Crippen LogP contribution is -2.50. The maximum absolute atomic E-state index is 12.2. The summed E-state index contributed by atoms with van der Waals surface area (Å²) in [5.74, 6) is 0.809. The number of hydrogen-bond acceptors (Lipinski definition) is 3. The van der Waals surface area contributed by atoms with Crippen LogP contribution in [-0.4, -0.2) is 25.6 Å². The summed E-state index contributed by atoms with van der Waals surface area (Å²) in [6.45, 7) is 0. The summed E-state index contributed by atoms with van der Waals surface area (Å²) < 4.78 is 5.16. The Morgan fingerprint density at radius 3 is 2.78 bits per heavy atom. The van der Waals surface area contributed by atoms with Gasteiger partial charge in [-0.15, -0.1) is 0 Å². The van der Waals surface area contributed by atoms with Gasteiger partial charge < -0.3 is 15.4 Å². The zero-order valence-corrected chi connectivity index (χ0v) is 11.0. The molecule has 4 nitrogen and oxygen atoms in total. The Morgan fingerprint density at radius 2 is 2.22 bits per heavy atom. The molecular weight excluding hydrogens is 228 g/mol. The number of amides is 1. The van der Waals surface area contributed by atoms with Crippen molar-refractivity contribution in [3.05, 3.63) is 24.3 Å². The number of nitrogens with zero attached hydrogens (tertiary/aromatic N) is 1. The van der Waals surface area contributed by atoms with Gasteiger partial charge >= 0.3 is 0 Å². The van der Waals surface area contributed by atoms with E-state index in [0.717, 1.165) is 30.7 Å². The Kier molecular flexibility index (Phi) is 3.57. The summed E-state index contributed by atoms with van der Waals surface area (Å²) in [6, 6.07) is 7.48. The molecule has 1 saturated carbocycles. The quantitative estimate of drug-likeness (QED) is 0.885. The first-order valence-electron chi connectivity index (χ1n) is 6.24. The molecule has 2 N–H and O–H groups in total. The Balaban J connectivity index is 2.05. The molecule has 1 amide bonds. The fraction of sp³-hybridized carbons (Fsp3) is 0.500. The number of benzene rings is 1. The molecule has 4 heteroatoms. The summed E-state index contributed by atoms with van der Waals surface area (Å²) >= 11 is 0. The molecule has 1 aromatic carbocycles. The van der Waals surface area contributed by atoms with E-state index in [0.29, 0.717) is 6.42 Å². The fourth-order valence-corrected chi connectivity index (χ4v) is 2.19. The van der Waals surface area contributed by atoms with Crippen molar-refractivity contribution in [2.24, 2.45) is 5.73 Å². The summed E-state index contributed by atoms with van der Waals surface area (Å²) in [5, 5.41) is 0. The van der Waals surface area contributed by atoms with Crippen molar-refractivity contribution in [2.75, 3.05) is 19.1 Å². The maximum Gasteiger partial charge on any atom is 0.228 e. The molecule has 0 aromatic heterocycles. The average Bonchev–Trinajstić information content (AvgIpc) is 2.36. The van der Waals surface area contributed by atoms with E-state index >= 15 is 0 Å². The Morgan fingerprint density at radius 1 is 1.50 bits per heavy atom. The highest BCUT2D eigenvalue weighted by Crippen LogP contribution is 2.33. The highest BCUT2D eigenvalue weighted by Gasteiger charge is 2.35. The fourth-order valence-electron chi connectivity index (χ4n) is 2.19. The van der Waals surface area contributed by atoms with Crippen molar-refractivity contribution in [1.82, 2.24) is 0 Å². The minimum Gasteiger partial charge on any atom is -0.497 e. The van der Waals surface area contributed by atoms with Gasteiger partial charge in [-0.3, -0.25) is 4.79 Å². The molecule has 1 aliphatic carbocycles. The lowest BCUT2D eigenvalue weighted by molar-refractivity contribution is -0.120. The molecule has 2 rings (SSSR count). The number of anilines is 1. The SMILES string of the molecule is COc1cccc(N(C)C(=O)CC2(N)CCC2)c1. The molecule has 1 fully saturated rings. The standard InChI is InChI=1S/C14H20N2O2/c1-16(11-5-3-6-12(9-11)18-2)13(17)10-14(15)7-4-8-14/h3,5-6,9H,4,7-8,10,15H2,1-2H3. The van der Waals surface area contributed by atoms with Crippen LogP contribution in [0.15, 0.2) is 24.3 Å². The van der Waals surface area contributed by atoms with Gasteiger partial charge in [0.05, 0.1) is 7.11 Å². The highest BCUT2D eigenvalue weighted by molar-refractivity contribution is 5.93. The van der Waals surface area contributed by atoms with Gasteiger partial charge in [-0.25, -0.2) is 0 Å². The summed E-state index contributed by atoms with van der Waals surface area (Å²) in [5.41, 5.74) is 6.67. The number of methoxy groups -OCH3 is 1. The van der Waals surface area contributed by atoms with Crippen molar-refractivity contribution in [3.8, 4) is 5.75 Å². The van der Waals surface area contributed by atoms with Crippen LogP contribution < -0.4 is 15.4 Å². The molecule has 0 radical (unpaired) electrons. The third-order valence-corrected chi connectivity index (χ3v) is 3.67. The third kappa shape index (κ3) is 2.64. The van der Waals surface area contributed by atoms with Crippen LogP contribution in [0.25, 0.3) is 0 Å². The van der Waals surface area contributed by atoms with Gasteiger partial charge in [-0.2, -0.15) is 0 Å². The van der Waals surface area contributed by atoms with Crippen molar-refractivity contribution >= 4 is 11.6 Å². The zero-order valence-electron chi connectivity index (χ0n) is 11.0. The first kappa shape index (κ1) is 12.9. The van der Waals surface area contributed by atoms with Crippen LogP contribution in [0.5, 0.6) is 5.75 Å². The molecule has 0 spiro atoms. The molecule has 0 saturated heterocycles. The zero-order chi connectivity index (χ0) is 13.2. The van der Waals surface area contributed by atoms with E-state index < -0.39 is 0 Å². The van der Waals surface area contributed by atoms with Crippen LogP contribution in [0.3, 0.4) is 0 Å². The van der Waals surface area contributed by atoms with E-state index in [1.165, 1.54) is 0 Å². The number of nitrogens with two attached hydrogens (primary N) is 1. The predicted molar refractivity (Wildman–Crippen MR) is 71.8 cm³/mol. The van der Waals surface area contributed by atoms with Crippen molar-refractivity contribution in [3.63, 3.8) is 0 Å². The number of rotatable bonds is 4. The summed E-state index contributed by atoms with van der Waals surface area (Å²) in [6.07, 6.45) is 3.45. The molecule has 18 heavy (non-hydrogen) atoms. The molecule has 0 aliphatic heterocycles. The van der Waals surface area contributed by atoms with Crippen molar-refractivity contribution < 1.29 is 9.53 Å². The van der Waals surface area contributed by atoms with E-state index in [9.17, 15) is 4.79 Å². The minimum atomic E-state index is -0.274. The van der Waals surface area contributed by atoms with Gasteiger partial charge in [0, 0.05) is 30.8 Å². The molecule has 0 atom stereocenters. The number of hydrogen-bond donors (Lipinski definition) is 1. The summed E-state index contributed by atoms with van der Waals surface area (Å²) in [7, 11) is 3.39. The van der Waals surface area contributed by atoms with Gasteiger partial charge in [0.2, 0.25) is 5.91 Å². The largest absolute Gasteiger partial charge is 0.497 e. The molecule has 98 valence electrons. The first-order chi connectivity index (χ1) is 8.54. The van der Waals surface area contributed by atoms with E-state index in [1.54, 1.807) is 19.1 Å². The normalized spacial score (nSPS) is 16.8. The maximum atomic E-state index is 12.2. The smallest absolute Gasteiger partial charge is 0.228 e. The van der Waals surface area contributed by atoms with Gasteiger partial charge in [0.1, 0.15) is 5.75 Å². The predicted octanol–water partition coefficient (Wildman–Crippen LogP) is 1.93. The van der Waals surface area contributed by atoms with Crippen LogP contribution in [0.4, 0.5) is 5.69 Å². The van der Waals surface area contributed by atoms with Crippen LogP contribution in [0.1, 0.15) is 25.7 Å². The van der Waals surface area contributed by atoms with E-state index in [2.05, 4.69) is 0 Å². The number of carbonyl (C=O) groups excluding carboxylic acids is 1. The molecule has 1 aliphatic rings. The van der Waals surface area contributed by atoms with Gasteiger partial charge in [0.25, 0.3) is 0 Å². The van der Waals surface area contributed by atoms with Crippen molar-refractivity contribution in [2.45, 2.75) is 31.2 Å². The highest BCUT2D eigenvalue weighted by atomic mass is 16.5. The Bertz CT molecular complexity index is 441. The molecule has 1 aromatic rings. The second-order valence-corrected chi connectivity index (χ2v) is 5.05. The van der Waals surface area contributed by atoms with E-state index in [1.807, 2.05) is 24.3 Å². The molecule has 0 bridgehead atoms. The lowest BCUT2D eigenvalue weighted by atomic mass is 9.75. The monoisotopic (exact) mass is 248 g/mol. The molecular formula is C14H20N2O2. The molecule has 0 unspecified atom stereocenters. The third-order valence-electron chi connectivity index (χ3n) is 3.67. The second-order valence-electron chi connectivity index (χ2n) is 5.05. The van der Waals surface area contributed by atoms with Crippen molar-refractivity contribution in [1.29, 1.82) is 0 Å². The lowest BCUT2D eigenvalue weighted by Gasteiger charge is -2.38. The van der Waals surface area contributed by atoms with Crippen LogP contribution >= 0.6 is 0 Å². The molecule has 0 heterocycles. The van der Waals surface area contributed by atoms with E-state index in [4.69, 9.17) is 10.5 Å². The van der Waals surface area contributed by atoms with E-state index in [-0.39, 0.29) is 11.4 Å². The average molecular weight is 248 g/mol. The number of ether oxygens (including phenoxy) is 1. The Labute approximate surface area is 108 Å². The summed E-state index contributed by atoms with van der Waals surface area (Å²) in [4.78, 5) is 13.8. The van der Waals surface area contributed by atoms with Crippen LogP contribution in [0.2, 0.25) is 0 Å².